The number of ether oxygens (including phenoxy) is 1. The SMILES string of the molecule is CCNC(CCSc1nc(CC)ns1)C(=O)OC. The Hall–Kier alpha value is -0.660. The number of aromatic nitrogens is 2. The predicted octanol–water partition coefficient (Wildman–Crippen LogP) is 1.73. The predicted molar refractivity (Wildman–Crippen MR) is 74.1 cm³/mol. The molecule has 0 saturated carbocycles. The second kappa shape index (κ2) is 8.44. The minimum atomic E-state index is -0.230. The second-order valence-corrected chi connectivity index (χ2v) is 5.69. The van der Waals surface area contributed by atoms with Gasteiger partial charge in [0.05, 0.1) is 7.11 Å². The van der Waals surface area contributed by atoms with Gasteiger partial charge in [-0.05, 0) is 24.5 Å². The van der Waals surface area contributed by atoms with Crippen LogP contribution in [-0.2, 0) is 16.0 Å². The van der Waals surface area contributed by atoms with Crippen LogP contribution in [0.2, 0.25) is 0 Å². The maximum absolute atomic E-state index is 11.5. The maximum atomic E-state index is 11.5. The largest absolute Gasteiger partial charge is 0.468 e. The summed E-state index contributed by atoms with van der Waals surface area (Å²) in [6, 6.07) is -0.230. The molecule has 0 aromatic carbocycles. The summed E-state index contributed by atoms with van der Waals surface area (Å²) in [7, 11) is 1.41. The molecule has 1 aromatic heterocycles. The Kier molecular flexibility index (Phi) is 7.22. The number of carbonyl (C=O) groups is 1. The monoisotopic (exact) mass is 289 g/mol. The quantitative estimate of drug-likeness (QED) is 0.581. The van der Waals surface area contributed by atoms with Crippen molar-refractivity contribution in [3.8, 4) is 0 Å². The number of aryl methyl sites for hydroxylation is 1. The summed E-state index contributed by atoms with van der Waals surface area (Å²) in [6.45, 7) is 4.76. The van der Waals surface area contributed by atoms with E-state index in [0.29, 0.717) is 0 Å². The van der Waals surface area contributed by atoms with Gasteiger partial charge in [-0.15, -0.1) is 0 Å². The van der Waals surface area contributed by atoms with Gasteiger partial charge in [-0.3, -0.25) is 4.79 Å². The van der Waals surface area contributed by atoms with Crippen LogP contribution in [0.15, 0.2) is 4.34 Å². The third-order valence-corrected chi connectivity index (χ3v) is 4.24. The molecule has 0 aliphatic rings. The summed E-state index contributed by atoms with van der Waals surface area (Å²) in [6.07, 6.45) is 1.59. The zero-order valence-corrected chi connectivity index (χ0v) is 12.6. The van der Waals surface area contributed by atoms with Crippen molar-refractivity contribution in [1.29, 1.82) is 0 Å². The van der Waals surface area contributed by atoms with Crippen molar-refractivity contribution in [2.75, 3.05) is 19.4 Å². The normalized spacial score (nSPS) is 12.4. The number of likely N-dealkylation sites (N-methyl/N-ethyl adjacent to an activating group) is 1. The van der Waals surface area contributed by atoms with Crippen LogP contribution in [0.1, 0.15) is 26.1 Å². The molecular formula is C11H19N3O2S2. The summed E-state index contributed by atoms with van der Waals surface area (Å²) in [5.41, 5.74) is 0. The van der Waals surface area contributed by atoms with Gasteiger partial charge in [0.1, 0.15) is 11.9 Å². The minimum absolute atomic E-state index is 0.205. The molecule has 1 aromatic rings. The molecule has 0 spiro atoms. The van der Waals surface area contributed by atoms with E-state index in [2.05, 4.69) is 14.7 Å². The summed E-state index contributed by atoms with van der Waals surface area (Å²) in [4.78, 5) is 15.8. The highest BCUT2D eigenvalue weighted by Crippen LogP contribution is 2.21. The molecule has 0 amide bonds. The van der Waals surface area contributed by atoms with E-state index in [-0.39, 0.29) is 12.0 Å². The number of methoxy groups -OCH3 is 1. The van der Waals surface area contributed by atoms with E-state index in [9.17, 15) is 4.79 Å². The van der Waals surface area contributed by atoms with Gasteiger partial charge in [-0.2, -0.15) is 4.37 Å². The van der Waals surface area contributed by atoms with Gasteiger partial charge in [-0.25, -0.2) is 4.98 Å². The number of hydrogen-bond acceptors (Lipinski definition) is 7. The van der Waals surface area contributed by atoms with Gasteiger partial charge in [0.15, 0.2) is 4.34 Å². The Balaban J connectivity index is 2.36. The molecule has 0 saturated heterocycles. The molecule has 18 heavy (non-hydrogen) atoms. The maximum Gasteiger partial charge on any atom is 0.322 e. The van der Waals surface area contributed by atoms with Gasteiger partial charge in [0, 0.05) is 12.2 Å². The smallest absolute Gasteiger partial charge is 0.322 e. The van der Waals surface area contributed by atoms with Crippen LogP contribution in [0.3, 0.4) is 0 Å². The fourth-order valence-electron chi connectivity index (χ4n) is 1.40. The van der Waals surface area contributed by atoms with Gasteiger partial charge >= 0.3 is 5.97 Å². The molecule has 5 nitrogen and oxygen atoms in total. The number of thioether (sulfide) groups is 1. The molecule has 7 heteroatoms. The van der Waals surface area contributed by atoms with E-state index >= 15 is 0 Å². The van der Waals surface area contributed by atoms with Crippen LogP contribution in [0.25, 0.3) is 0 Å². The average Bonchev–Trinajstić information content (AvgIpc) is 2.85. The van der Waals surface area contributed by atoms with E-state index in [1.54, 1.807) is 11.8 Å². The van der Waals surface area contributed by atoms with E-state index in [1.165, 1.54) is 18.6 Å². The standard InChI is InChI=1S/C11H19N3O2S2/c1-4-9-13-11(18-14-9)17-7-6-8(12-5-2)10(15)16-3/h8,12H,4-7H2,1-3H3. The minimum Gasteiger partial charge on any atom is -0.468 e. The molecule has 1 unspecified atom stereocenters. The zero-order chi connectivity index (χ0) is 13.4. The summed E-state index contributed by atoms with van der Waals surface area (Å²) in [5.74, 6) is 1.51. The van der Waals surface area contributed by atoms with Crippen molar-refractivity contribution in [3.63, 3.8) is 0 Å². The average molecular weight is 289 g/mol. The van der Waals surface area contributed by atoms with Crippen molar-refractivity contribution in [1.82, 2.24) is 14.7 Å². The third-order valence-electron chi connectivity index (χ3n) is 2.33. The number of hydrogen-bond donors (Lipinski definition) is 1. The Labute approximate surface area is 116 Å². The molecule has 0 bridgehead atoms. The van der Waals surface area contributed by atoms with Crippen molar-refractivity contribution >= 4 is 29.3 Å². The Morgan fingerprint density at radius 1 is 1.56 bits per heavy atom. The highest BCUT2D eigenvalue weighted by molar-refractivity contribution is 8.00. The molecule has 0 aliphatic carbocycles. The highest BCUT2D eigenvalue weighted by atomic mass is 32.2. The first kappa shape index (κ1) is 15.4. The Morgan fingerprint density at radius 3 is 2.89 bits per heavy atom. The van der Waals surface area contributed by atoms with E-state index in [4.69, 9.17) is 4.74 Å². The first-order chi connectivity index (χ1) is 8.71. The van der Waals surface area contributed by atoms with Crippen molar-refractivity contribution in [2.45, 2.75) is 37.1 Å². The second-order valence-electron chi connectivity index (χ2n) is 3.60. The van der Waals surface area contributed by atoms with Crippen molar-refractivity contribution < 1.29 is 9.53 Å². The Morgan fingerprint density at radius 2 is 2.33 bits per heavy atom. The number of rotatable bonds is 8. The van der Waals surface area contributed by atoms with Crippen LogP contribution in [0.4, 0.5) is 0 Å². The first-order valence-corrected chi connectivity index (χ1v) is 7.73. The zero-order valence-electron chi connectivity index (χ0n) is 10.9. The summed E-state index contributed by atoms with van der Waals surface area (Å²) >= 11 is 3.05. The first-order valence-electron chi connectivity index (χ1n) is 5.97. The van der Waals surface area contributed by atoms with Crippen LogP contribution in [0, 0.1) is 0 Å². The molecule has 1 atom stereocenters. The van der Waals surface area contributed by atoms with Crippen LogP contribution in [-0.4, -0.2) is 40.8 Å². The number of esters is 1. The molecule has 0 fully saturated rings. The topological polar surface area (TPSA) is 64.1 Å². The number of nitrogens with one attached hydrogen (secondary N) is 1. The molecule has 1 N–H and O–H groups in total. The summed E-state index contributed by atoms with van der Waals surface area (Å²) in [5, 5.41) is 3.12. The van der Waals surface area contributed by atoms with Crippen molar-refractivity contribution in [2.24, 2.45) is 0 Å². The lowest BCUT2D eigenvalue weighted by molar-refractivity contribution is -0.143. The number of carbonyl (C=O) groups excluding carboxylic acids is 1. The molecule has 1 heterocycles. The molecule has 102 valence electrons. The molecule has 0 radical (unpaired) electrons. The van der Waals surface area contributed by atoms with E-state index in [0.717, 1.165) is 35.3 Å². The summed E-state index contributed by atoms with van der Waals surface area (Å²) < 4.78 is 9.94. The third kappa shape index (κ3) is 4.91. The van der Waals surface area contributed by atoms with E-state index in [1.807, 2.05) is 13.8 Å². The lowest BCUT2D eigenvalue weighted by Crippen LogP contribution is -2.37. The van der Waals surface area contributed by atoms with Gasteiger partial charge < -0.3 is 10.1 Å². The van der Waals surface area contributed by atoms with E-state index < -0.39 is 0 Å². The molecule has 1 rings (SSSR count). The number of nitrogens with zero attached hydrogens (tertiary/aromatic N) is 2. The lowest BCUT2D eigenvalue weighted by Gasteiger charge is -2.14. The highest BCUT2D eigenvalue weighted by Gasteiger charge is 2.17. The van der Waals surface area contributed by atoms with Gasteiger partial charge in [0.2, 0.25) is 0 Å². The van der Waals surface area contributed by atoms with Crippen molar-refractivity contribution in [3.05, 3.63) is 5.82 Å². The molecular weight excluding hydrogens is 270 g/mol. The van der Waals surface area contributed by atoms with Crippen LogP contribution in [0.5, 0.6) is 0 Å². The van der Waals surface area contributed by atoms with Crippen LogP contribution < -0.4 is 5.32 Å². The lowest BCUT2D eigenvalue weighted by atomic mass is 10.2. The van der Waals surface area contributed by atoms with Crippen LogP contribution >= 0.6 is 23.3 Å². The van der Waals surface area contributed by atoms with Gasteiger partial charge in [-0.1, -0.05) is 25.6 Å². The Bertz CT molecular complexity index is 371. The van der Waals surface area contributed by atoms with Gasteiger partial charge in [0.25, 0.3) is 0 Å². The molecule has 0 aliphatic heterocycles. The fraction of sp³-hybridized carbons (Fsp3) is 0.727. The fourth-order valence-corrected chi connectivity index (χ4v) is 3.17.